The highest BCUT2D eigenvalue weighted by Crippen LogP contribution is 2.30. The normalized spacial score (nSPS) is 36.8. The zero-order valence-electron chi connectivity index (χ0n) is 20.0. The third kappa shape index (κ3) is 7.07. The first-order chi connectivity index (χ1) is 17.3. The number of carbonyl (C=O) groups excluding carboxylic acids is 1. The Morgan fingerprint density at radius 1 is 1.06 bits per heavy atom. The summed E-state index contributed by atoms with van der Waals surface area (Å²) in [5.74, 6) is -0.458. The van der Waals surface area contributed by atoms with Crippen molar-refractivity contribution in [3.63, 3.8) is 0 Å². The first-order valence-corrected chi connectivity index (χ1v) is 11.7. The average Bonchev–Trinajstić information content (AvgIpc) is 2.86. The zero-order chi connectivity index (χ0) is 26.2. The second-order valence-electron chi connectivity index (χ2n) is 8.68. The van der Waals surface area contributed by atoms with Gasteiger partial charge in [0.25, 0.3) is 0 Å². The largest absolute Gasteiger partial charge is 0.394 e. The zero-order valence-corrected chi connectivity index (χ0v) is 20.0. The molecule has 2 saturated heterocycles. The molecular formula is C24H35NO11. The van der Waals surface area contributed by atoms with Crippen molar-refractivity contribution in [2.45, 2.75) is 74.9 Å². The van der Waals surface area contributed by atoms with Gasteiger partial charge in [-0.25, -0.2) is 0 Å². The summed E-state index contributed by atoms with van der Waals surface area (Å²) in [5.41, 5.74) is 0.899. The average molecular weight is 514 g/mol. The van der Waals surface area contributed by atoms with Gasteiger partial charge in [-0.3, -0.25) is 4.79 Å². The van der Waals surface area contributed by atoms with Gasteiger partial charge in [-0.15, -0.1) is 6.58 Å². The van der Waals surface area contributed by atoms with Crippen LogP contribution >= 0.6 is 0 Å². The minimum absolute atomic E-state index is 0.0274. The van der Waals surface area contributed by atoms with Crippen molar-refractivity contribution in [3.8, 4) is 0 Å². The maximum absolute atomic E-state index is 11.8. The molecule has 12 nitrogen and oxygen atoms in total. The Labute approximate surface area is 209 Å². The number of carbonyl (C=O) groups is 1. The van der Waals surface area contributed by atoms with Crippen molar-refractivity contribution >= 4 is 5.91 Å². The van der Waals surface area contributed by atoms with Crippen LogP contribution in [0, 0.1) is 0 Å². The fraction of sp³-hybridized carbons (Fsp3) is 0.625. The first kappa shape index (κ1) is 28.6. The van der Waals surface area contributed by atoms with Crippen LogP contribution in [-0.4, -0.2) is 113 Å². The van der Waals surface area contributed by atoms with Crippen LogP contribution in [0.25, 0.3) is 0 Å². The van der Waals surface area contributed by atoms with Crippen molar-refractivity contribution in [1.82, 2.24) is 5.32 Å². The van der Waals surface area contributed by atoms with Gasteiger partial charge in [0.05, 0.1) is 26.4 Å². The first-order valence-electron chi connectivity index (χ1n) is 11.7. The molecule has 12 heteroatoms. The summed E-state index contributed by atoms with van der Waals surface area (Å²) in [4.78, 5) is 11.8. The Bertz CT molecular complexity index is 826. The van der Waals surface area contributed by atoms with Gasteiger partial charge < -0.3 is 54.5 Å². The highest BCUT2D eigenvalue weighted by Gasteiger charge is 2.51. The van der Waals surface area contributed by atoms with Gasteiger partial charge in [0.1, 0.15) is 48.8 Å². The lowest BCUT2D eigenvalue weighted by Gasteiger charge is -2.47. The molecule has 0 aromatic heterocycles. The molecule has 0 saturated carbocycles. The van der Waals surface area contributed by atoms with Crippen molar-refractivity contribution < 1.29 is 54.0 Å². The van der Waals surface area contributed by atoms with Gasteiger partial charge in [-0.05, 0) is 5.56 Å². The fourth-order valence-corrected chi connectivity index (χ4v) is 4.19. The van der Waals surface area contributed by atoms with Crippen molar-refractivity contribution in [3.05, 3.63) is 48.6 Å². The highest BCUT2D eigenvalue weighted by molar-refractivity contribution is 5.73. The lowest BCUT2D eigenvalue weighted by Crippen LogP contribution is -2.67. The molecule has 1 aromatic carbocycles. The maximum Gasteiger partial charge on any atom is 0.217 e. The van der Waals surface area contributed by atoms with E-state index in [1.807, 2.05) is 30.3 Å². The molecule has 6 N–H and O–H groups in total. The Balaban J connectivity index is 1.84. The lowest BCUT2D eigenvalue weighted by molar-refractivity contribution is -0.348. The molecule has 2 heterocycles. The van der Waals surface area contributed by atoms with E-state index in [-0.39, 0.29) is 19.8 Å². The highest BCUT2D eigenvalue weighted by atomic mass is 16.7. The molecule has 0 unspecified atom stereocenters. The Morgan fingerprint density at radius 3 is 2.42 bits per heavy atom. The lowest BCUT2D eigenvalue weighted by atomic mass is 9.95. The molecule has 2 fully saturated rings. The molecule has 2 aliphatic heterocycles. The summed E-state index contributed by atoms with van der Waals surface area (Å²) in [5, 5.41) is 53.5. The van der Waals surface area contributed by atoms with Crippen molar-refractivity contribution in [1.29, 1.82) is 0 Å². The fourth-order valence-electron chi connectivity index (χ4n) is 4.19. The molecule has 0 bridgehead atoms. The number of hydrogen-bond acceptors (Lipinski definition) is 11. The minimum atomic E-state index is -1.68. The number of rotatable bonds is 11. The SMILES string of the molecule is C=CCO[C@@H]1[C@@H](NC(C)=O)[C@H](O)O[C@H](COCc2ccccc2)[C@H]1O[C@@H]1O[C@H](CO)[C@H](O)[C@H](O)[C@H]1O. The van der Waals surface area contributed by atoms with Crippen molar-refractivity contribution in [2.24, 2.45) is 0 Å². The van der Waals surface area contributed by atoms with Crippen molar-refractivity contribution in [2.75, 3.05) is 19.8 Å². The molecular weight excluding hydrogens is 478 g/mol. The van der Waals surface area contributed by atoms with Crippen LogP contribution in [0.5, 0.6) is 0 Å². The Hall–Kier alpha value is -1.97. The predicted octanol–water partition coefficient (Wildman–Crippen LogP) is -1.82. The monoisotopic (exact) mass is 513 g/mol. The second-order valence-corrected chi connectivity index (χ2v) is 8.68. The Morgan fingerprint density at radius 2 is 1.78 bits per heavy atom. The molecule has 0 radical (unpaired) electrons. The van der Waals surface area contributed by atoms with Crippen LogP contribution in [0.15, 0.2) is 43.0 Å². The van der Waals surface area contributed by atoms with Crippen LogP contribution in [0.3, 0.4) is 0 Å². The van der Waals surface area contributed by atoms with Gasteiger partial charge in [0.2, 0.25) is 5.91 Å². The number of benzene rings is 1. The van der Waals surface area contributed by atoms with Gasteiger partial charge in [0, 0.05) is 6.92 Å². The molecule has 0 spiro atoms. The quantitative estimate of drug-likeness (QED) is 0.184. The van der Waals surface area contributed by atoms with E-state index in [1.54, 1.807) is 0 Å². The van der Waals surface area contributed by atoms with E-state index in [9.17, 15) is 30.3 Å². The second kappa shape index (κ2) is 13.5. The molecule has 1 aromatic rings. The third-order valence-corrected chi connectivity index (χ3v) is 5.98. The number of hydrogen-bond donors (Lipinski definition) is 6. The van der Waals surface area contributed by atoms with Gasteiger partial charge in [0.15, 0.2) is 12.6 Å². The summed E-state index contributed by atoms with van der Waals surface area (Å²) in [6.45, 7) is 4.43. The van der Waals surface area contributed by atoms with Crippen LogP contribution in [0.2, 0.25) is 0 Å². The van der Waals surface area contributed by atoms with Gasteiger partial charge >= 0.3 is 0 Å². The van der Waals surface area contributed by atoms with E-state index >= 15 is 0 Å². The number of aliphatic hydroxyl groups excluding tert-OH is 5. The van der Waals surface area contributed by atoms with E-state index in [1.165, 1.54) is 13.0 Å². The number of amides is 1. The van der Waals surface area contributed by atoms with E-state index in [0.29, 0.717) is 0 Å². The minimum Gasteiger partial charge on any atom is -0.394 e. The van der Waals surface area contributed by atoms with E-state index in [0.717, 1.165) is 5.56 Å². The van der Waals surface area contributed by atoms with E-state index in [4.69, 9.17) is 23.7 Å². The predicted molar refractivity (Wildman–Crippen MR) is 123 cm³/mol. The number of ether oxygens (including phenoxy) is 5. The van der Waals surface area contributed by atoms with Crippen LogP contribution in [0.4, 0.5) is 0 Å². The molecule has 3 rings (SSSR count). The Kier molecular flexibility index (Phi) is 10.8. The van der Waals surface area contributed by atoms with Crippen LogP contribution in [-0.2, 0) is 35.1 Å². The number of nitrogens with one attached hydrogen (secondary N) is 1. The summed E-state index contributed by atoms with van der Waals surface area (Å²) < 4.78 is 28.9. The van der Waals surface area contributed by atoms with E-state index in [2.05, 4.69) is 11.9 Å². The summed E-state index contributed by atoms with van der Waals surface area (Å²) in [6.07, 6.45) is -10.7. The molecule has 10 atom stereocenters. The van der Waals surface area contributed by atoms with Crippen LogP contribution in [0.1, 0.15) is 12.5 Å². The standard InChI is InChI=1S/C24H35NO11/c1-3-9-33-22-17(25-13(2)27)23(31)34-16(12-32-11-14-7-5-4-6-8-14)21(22)36-24-20(30)19(29)18(28)15(10-26)35-24/h3-8,15-24,26,28-31H,1,9-12H2,2H3,(H,25,27)/t15-,16-,17-,18+,19+,20-,21-,22-,23-,24+/m1/s1. The van der Waals surface area contributed by atoms with Gasteiger partial charge in [-0.1, -0.05) is 36.4 Å². The van der Waals surface area contributed by atoms with E-state index < -0.39 is 73.9 Å². The molecule has 36 heavy (non-hydrogen) atoms. The molecule has 1 amide bonds. The van der Waals surface area contributed by atoms with Crippen LogP contribution < -0.4 is 5.32 Å². The summed E-state index contributed by atoms with van der Waals surface area (Å²) in [7, 11) is 0. The third-order valence-electron chi connectivity index (χ3n) is 5.98. The molecule has 0 aliphatic carbocycles. The topological polar surface area (TPSA) is 176 Å². The van der Waals surface area contributed by atoms with Gasteiger partial charge in [-0.2, -0.15) is 0 Å². The summed E-state index contributed by atoms with van der Waals surface area (Å²) in [6, 6.07) is 8.28. The maximum atomic E-state index is 11.8. The smallest absolute Gasteiger partial charge is 0.217 e. The summed E-state index contributed by atoms with van der Waals surface area (Å²) >= 11 is 0. The molecule has 2 aliphatic rings. The number of aliphatic hydroxyl groups is 5. The molecule has 202 valence electrons.